The van der Waals surface area contributed by atoms with Crippen molar-refractivity contribution in [2.24, 2.45) is 0 Å². The summed E-state index contributed by atoms with van der Waals surface area (Å²) in [4.78, 5) is 8.40. The van der Waals surface area contributed by atoms with Crippen LogP contribution in [0.3, 0.4) is 0 Å². The monoisotopic (exact) mass is 349 g/mol. The van der Waals surface area contributed by atoms with Crippen LogP contribution in [0.2, 0.25) is 5.02 Å². The highest BCUT2D eigenvalue weighted by atomic mass is 35.5. The Labute approximate surface area is 140 Å². The van der Waals surface area contributed by atoms with Gasteiger partial charge in [0.2, 0.25) is 10.0 Å². The predicted molar refractivity (Wildman–Crippen MR) is 87.4 cm³/mol. The number of nitrogens with zero attached hydrogens (tertiary/aromatic N) is 3. The molecule has 1 aromatic heterocycles. The molecule has 1 saturated heterocycles. The van der Waals surface area contributed by atoms with E-state index in [4.69, 9.17) is 11.6 Å². The third-order valence-electron chi connectivity index (χ3n) is 4.67. The average molecular weight is 350 g/mol. The molecule has 2 unspecified atom stereocenters. The van der Waals surface area contributed by atoms with Crippen molar-refractivity contribution in [1.82, 2.24) is 14.3 Å². The van der Waals surface area contributed by atoms with Gasteiger partial charge in [0.1, 0.15) is 6.33 Å². The summed E-state index contributed by atoms with van der Waals surface area (Å²) in [7, 11) is -3.44. The van der Waals surface area contributed by atoms with E-state index in [1.165, 1.54) is 6.33 Å². The molecule has 1 fully saturated rings. The van der Waals surface area contributed by atoms with Gasteiger partial charge in [-0.2, -0.15) is 4.31 Å². The summed E-state index contributed by atoms with van der Waals surface area (Å²) in [5.74, 6) is -0.0668. The lowest BCUT2D eigenvalue weighted by Gasteiger charge is -2.34. The Hall–Kier alpha value is -1.50. The van der Waals surface area contributed by atoms with Crippen molar-refractivity contribution in [3.05, 3.63) is 58.6 Å². The Morgan fingerprint density at radius 3 is 2.91 bits per heavy atom. The Bertz CT molecular complexity index is 856. The molecule has 120 valence electrons. The number of aromatic nitrogens is 2. The van der Waals surface area contributed by atoms with Gasteiger partial charge in [-0.1, -0.05) is 29.8 Å². The van der Waals surface area contributed by atoms with E-state index >= 15 is 0 Å². The van der Waals surface area contributed by atoms with Gasteiger partial charge in [-0.25, -0.2) is 18.4 Å². The minimum absolute atomic E-state index is 0.00473. The second kappa shape index (κ2) is 5.54. The molecule has 7 heteroatoms. The van der Waals surface area contributed by atoms with E-state index in [2.05, 4.69) is 9.97 Å². The zero-order valence-electron chi connectivity index (χ0n) is 12.4. The SMILES string of the molecule is O=S(=O)(Cc1ccccc1Cl)N1C2CCC1c1cncnc1C2. The van der Waals surface area contributed by atoms with Crippen LogP contribution in [0.15, 0.2) is 36.8 Å². The molecule has 3 heterocycles. The van der Waals surface area contributed by atoms with Gasteiger partial charge in [-0.05, 0) is 24.5 Å². The number of sulfonamides is 1. The molecular formula is C16H16ClN3O2S. The van der Waals surface area contributed by atoms with E-state index in [1.54, 1.807) is 28.7 Å². The summed E-state index contributed by atoms with van der Waals surface area (Å²) in [6, 6.07) is 6.96. The second-order valence-corrected chi connectivity index (χ2v) is 8.33. The summed E-state index contributed by atoms with van der Waals surface area (Å²) < 4.78 is 27.7. The van der Waals surface area contributed by atoms with Crippen molar-refractivity contribution in [1.29, 1.82) is 0 Å². The van der Waals surface area contributed by atoms with Gasteiger partial charge in [0.05, 0.1) is 17.5 Å². The molecule has 2 aliphatic heterocycles. The molecule has 1 aromatic carbocycles. The van der Waals surface area contributed by atoms with Crippen molar-refractivity contribution >= 4 is 21.6 Å². The Kier molecular flexibility index (Phi) is 3.63. The maximum Gasteiger partial charge on any atom is 0.219 e. The lowest BCUT2D eigenvalue weighted by Crippen LogP contribution is -2.42. The van der Waals surface area contributed by atoms with Gasteiger partial charge >= 0.3 is 0 Å². The summed E-state index contributed by atoms with van der Waals surface area (Å²) in [5, 5.41) is 0.490. The number of hydrogen-bond donors (Lipinski definition) is 0. The van der Waals surface area contributed by atoms with E-state index in [0.29, 0.717) is 17.0 Å². The number of halogens is 1. The van der Waals surface area contributed by atoms with Crippen molar-refractivity contribution in [2.75, 3.05) is 0 Å². The summed E-state index contributed by atoms with van der Waals surface area (Å²) in [6.07, 6.45) is 5.64. The standard InChI is InChI=1S/C16H16ClN3O2S/c17-14-4-2-1-3-11(14)9-23(21,22)20-12-5-6-16(20)13-8-18-10-19-15(13)7-12/h1-4,8,10,12,16H,5-7,9H2. The van der Waals surface area contributed by atoms with E-state index in [0.717, 1.165) is 24.1 Å². The van der Waals surface area contributed by atoms with E-state index < -0.39 is 10.0 Å². The number of hydrogen-bond acceptors (Lipinski definition) is 4. The van der Waals surface area contributed by atoms with Gasteiger partial charge < -0.3 is 0 Å². The van der Waals surface area contributed by atoms with Crippen molar-refractivity contribution in [3.8, 4) is 0 Å². The minimum atomic E-state index is -3.44. The van der Waals surface area contributed by atoms with Crippen LogP contribution < -0.4 is 0 Å². The highest BCUT2D eigenvalue weighted by Gasteiger charge is 2.46. The van der Waals surface area contributed by atoms with Crippen molar-refractivity contribution < 1.29 is 8.42 Å². The molecule has 5 nitrogen and oxygen atoms in total. The summed E-state index contributed by atoms with van der Waals surface area (Å²) in [5.41, 5.74) is 2.57. The molecule has 2 bridgehead atoms. The number of fused-ring (bicyclic) bond motifs is 4. The number of rotatable bonds is 3. The van der Waals surface area contributed by atoms with Crippen molar-refractivity contribution in [2.45, 2.75) is 37.1 Å². The first-order valence-electron chi connectivity index (χ1n) is 7.59. The van der Waals surface area contributed by atoms with Crippen LogP contribution in [0.1, 0.15) is 35.7 Å². The van der Waals surface area contributed by atoms with E-state index in [-0.39, 0.29) is 17.8 Å². The van der Waals surface area contributed by atoms with Crippen LogP contribution >= 0.6 is 11.6 Å². The first-order valence-corrected chi connectivity index (χ1v) is 9.58. The minimum Gasteiger partial charge on any atom is -0.244 e. The average Bonchev–Trinajstić information content (AvgIpc) is 2.86. The Morgan fingerprint density at radius 1 is 1.26 bits per heavy atom. The molecule has 0 radical (unpaired) electrons. The van der Waals surface area contributed by atoms with Gasteiger partial charge in [0, 0.05) is 29.2 Å². The maximum atomic E-state index is 13.0. The van der Waals surface area contributed by atoms with E-state index in [1.807, 2.05) is 6.07 Å². The van der Waals surface area contributed by atoms with Crippen LogP contribution in [0, 0.1) is 0 Å². The molecule has 0 amide bonds. The lowest BCUT2D eigenvalue weighted by molar-refractivity contribution is 0.300. The fourth-order valence-electron chi connectivity index (χ4n) is 3.69. The molecule has 2 atom stereocenters. The third-order valence-corrected chi connectivity index (χ3v) is 6.91. The van der Waals surface area contributed by atoms with Gasteiger partial charge in [0.15, 0.2) is 0 Å². The van der Waals surface area contributed by atoms with Crippen LogP contribution in [0.5, 0.6) is 0 Å². The molecule has 0 saturated carbocycles. The molecule has 0 aliphatic carbocycles. The smallest absolute Gasteiger partial charge is 0.219 e. The third kappa shape index (κ3) is 2.55. The van der Waals surface area contributed by atoms with Crippen molar-refractivity contribution in [3.63, 3.8) is 0 Å². The van der Waals surface area contributed by atoms with Crippen LogP contribution in [-0.2, 0) is 22.2 Å². The zero-order valence-corrected chi connectivity index (χ0v) is 14.0. The fourth-order valence-corrected chi connectivity index (χ4v) is 6.01. The zero-order chi connectivity index (χ0) is 16.0. The number of benzene rings is 1. The largest absolute Gasteiger partial charge is 0.244 e. The van der Waals surface area contributed by atoms with E-state index in [9.17, 15) is 8.42 Å². The fraction of sp³-hybridized carbons (Fsp3) is 0.375. The van der Waals surface area contributed by atoms with Crippen LogP contribution in [-0.4, -0.2) is 28.7 Å². The molecule has 2 aliphatic rings. The maximum absolute atomic E-state index is 13.0. The summed E-state index contributed by atoms with van der Waals surface area (Å²) >= 11 is 6.14. The topological polar surface area (TPSA) is 63.2 Å². The van der Waals surface area contributed by atoms with Gasteiger partial charge in [0.25, 0.3) is 0 Å². The first kappa shape index (κ1) is 15.1. The van der Waals surface area contributed by atoms with Crippen LogP contribution in [0.25, 0.3) is 0 Å². The Morgan fingerprint density at radius 2 is 2.09 bits per heavy atom. The molecule has 4 rings (SSSR count). The second-order valence-electron chi connectivity index (χ2n) is 6.05. The molecule has 0 N–H and O–H groups in total. The highest BCUT2D eigenvalue weighted by molar-refractivity contribution is 7.88. The molecule has 2 aromatic rings. The van der Waals surface area contributed by atoms with Gasteiger partial charge in [-0.3, -0.25) is 0 Å². The quantitative estimate of drug-likeness (QED) is 0.854. The lowest BCUT2D eigenvalue weighted by atomic mass is 10.0. The summed E-state index contributed by atoms with van der Waals surface area (Å²) in [6.45, 7) is 0. The normalized spacial score (nSPS) is 23.7. The molecule has 23 heavy (non-hydrogen) atoms. The predicted octanol–water partition coefficient (Wildman–Crippen LogP) is 2.72. The Balaban J connectivity index is 1.70. The van der Waals surface area contributed by atoms with Gasteiger partial charge in [-0.15, -0.1) is 0 Å². The highest BCUT2D eigenvalue weighted by Crippen LogP contribution is 2.45. The molecule has 0 spiro atoms. The molecular weight excluding hydrogens is 334 g/mol. The first-order chi connectivity index (χ1) is 11.1. The van der Waals surface area contributed by atoms with Crippen LogP contribution in [0.4, 0.5) is 0 Å².